The van der Waals surface area contributed by atoms with Crippen molar-refractivity contribution >= 4 is 0 Å². The smallest absolute Gasteiger partial charge is 0.123 e. The van der Waals surface area contributed by atoms with Gasteiger partial charge in [0.25, 0.3) is 0 Å². The molecule has 2 unspecified atom stereocenters. The highest BCUT2D eigenvalue weighted by molar-refractivity contribution is 5.22. The standard InChI is InChI=1S/C19H29FN2/c1-2-22-13-16(15-7-6-8-17(20)11-15)12-19(14-22)21-18-9-4-3-5-10-18/h6-8,11,16,18-19,21H,2-5,9-10,12-14H2,1H3. The van der Waals surface area contributed by atoms with E-state index in [4.69, 9.17) is 0 Å². The van der Waals surface area contributed by atoms with Gasteiger partial charge in [0, 0.05) is 25.2 Å². The third kappa shape index (κ3) is 4.08. The third-order valence-corrected chi connectivity index (χ3v) is 5.37. The largest absolute Gasteiger partial charge is 0.310 e. The van der Waals surface area contributed by atoms with Gasteiger partial charge in [-0.1, -0.05) is 38.3 Å². The van der Waals surface area contributed by atoms with Gasteiger partial charge in [-0.05, 0) is 49.4 Å². The minimum absolute atomic E-state index is 0.108. The van der Waals surface area contributed by atoms with Crippen molar-refractivity contribution in [2.75, 3.05) is 19.6 Å². The summed E-state index contributed by atoms with van der Waals surface area (Å²) in [4.78, 5) is 2.51. The number of benzene rings is 1. The monoisotopic (exact) mass is 304 g/mol. The van der Waals surface area contributed by atoms with Crippen LogP contribution in [0.2, 0.25) is 0 Å². The van der Waals surface area contributed by atoms with E-state index < -0.39 is 0 Å². The van der Waals surface area contributed by atoms with Gasteiger partial charge in [0.1, 0.15) is 5.82 Å². The van der Waals surface area contributed by atoms with Crippen molar-refractivity contribution < 1.29 is 4.39 Å². The van der Waals surface area contributed by atoms with Crippen LogP contribution in [0, 0.1) is 5.82 Å². The lowest BCUT2D eigenvalue weighted by Gasteiger charge is -2.40. The van der Waals surface area contributed by atoms with Crippen LogP contribution in [0.5, 0.6) is 0 Å². The van der Waals surface area contributed by atoms with E-state index >= 15 is 0 Å². The van der Waals surface area contributed by atoms with E-state index in [-0.39, 0.29) is 5.82 Å². The van der Waals surface area contributed by atoms with Crippen LogP contribution < -0.4 is 5.32 Å². The molecular weight excluding hydrogens is 275 g/mol. The van der Waals surface area contributed by atoms with E-state index in [0.717, 1.165) is 31.6 Å². The lowest BCUT2D eigenvalue weighted by atomic mass is 9.86. The van der Waals surface area contributed by atoms with Crippen molar-refractivity contribution in [3.05, 3.63) is 35.6 Å². The second-order valence-electron chi connectivity index (χ2n) is 7.04. The first-order valence-corrected chi connectivity index (χ1v) is 8.98. The van der Waals surface area contributed by atoms with Gasteiger partial charge in [-0.3, -0.25) is 0 Å². The van der Waals surface area contributed by atoms with Crippen LogP contribution in [0.15, 0.2) is 24.3 Å². The van der Waals surface area contributed by atoms with Crippen molar-refractivity contribution in [3.8, 4) is 0 Å². The number of nitrogens with one attached hydrogen (secondary N) is 1. The summed E-state index contributed by atoms with van der Waals surface area (Å²) in [6.07, 6.45) is 7.93. The quantitative estimate of drug-likeness (QED) is 0.907. The van der Waals surface area contributed by atoms with Crippen molar-refractivity contribution in [1.29, 1.82) is 0 Å². The van der Waals surface area contributed by atoms with Crippen LogP contribution in [-0.4, -0.2) is 36.6 Å². The molecule has 1 aliphatic carbocycles. The van der Waals surface area contributed by atoms with Gasteiger partial charge in [0.2, 0.25) is 0 Å². The molecule has 0 radical (unpaired) electrons. The van der Waals surface area contributed by atoms with Gasteiger partial charge in [-0.25, -0.2) is 4.39 Å². The van der Waals surface area contributed by atoms with Crippen LogP contribution in [-0.2, 0) is 0 Å². The Morgan fingerprint density at radius 2 is 1.95 bits per heavy atom. The summed E-state index contributed by atoms with van der Waals surface area (Å²) in [5, 5.41) is 3.90. The molecule has 1 aromatic carbocycles. The molecule has 0 amide bonds. The van der Waals surface area contributed by atoms with Crippen LogP contribution in [0.25, 0.3) is 0 Å². The van der Waals surface area contributed by atoms with E-state index in [1.54, 1.807) is 12.1 Å². The van der Waals surface area contributed by atoms with Crippen molar-refractivity contribution in [2.45, 2.75) is 63.5 Å². The van der Waals surface area contributed by atoms with Gasteiger partial charge in [0.15, 0.2) is 0 Å². The fourth-order valence-electron chi connectivity index (χ4n) is 4.17. The number of halogens is 1. The Morgan fingerprint density at radius 3 is 2.68 bits per heavy atom. The Morgan fingerprint density at radius 1 is 1.14 bits per heavy atom. The second kappa shape index (κ2) is 7.56. The molecule has 3 rings (SSSR count). The molecule has 2 fully saturated rings. The topological polar surface area (TPSA) is 15.3 Å². The number of piperidine rings is 1. The second-order valence-corrected chi connectivity index (χ2v) is 7.04. The summed E-state index contributed by atoms with van der Waals surface area (Å²) in [6.45, 7) is 5.50. The van der Waals surface area contributed by atoms with Gasteiger partial charge in [0.05, 0.1) is 0 Å². The average Bonchev–Trinajstić information content (AvgIpc) is 2.55. The zero-order chi connectivity index (χ0) is 15.4. The van der Waals surface area contributed by atoms with Gasteiger partial charge < -0.3 is 10.2 Å². The molecule has 0 bridgehead atoms. The number of hydrogen-bond donors (Lipinski definition) is 1. The van der Waals surface area contributed by atoms with Crippen molar-refractivity contribution in [3.63, 3.8) is 0 Å². The number of likely N-dealkylation sites (tertiary alicyclic amines) is 1. The normalized spacial score (nSPS) is 27.9. The van der Waals surface area contributed by atoms with Crippen LogP contribution in [0.3, 0.4) is 0 Å². The van der Waals surface area contributed by atoms with Crippen molar-refractivity contribution in [1.82, 2.24) is 10.2 Å². The molecule has 0 aromatic heterocycles. The molecule has 2 atom stereocenters. The van der Waals surface area contributed by atoms with E-state index in [1.807, 2.05) is 6.07 Å². The number of nitrogens with zero attached hydrogens (tertiary/aromatic N) is 1. The molecule has 2 aliphatic rings. The van der Waals surface area contributed by atoms with E-state index in [9.17, 15) is 4.39 Å². The molecule has 3 heteroatoms. The Bertz CT molecular complexity index is 470. The minimum atomic E-state index is -0.108. The highest BCUT2D eigenvalue weighted by Gasteiger charge is 2.29. The molecule has 22 heavy (non-hydrogen) atoms. The SMILES string of the molecule is CCN1CC(NC2CCCCC2)CC(c2cccc(F)c2)C1. The maximum Gasteiger partial charge on any atom is 0.123 e. The molecule has 1 aliphatic heterocycles. The highest BCUT2D eigenvalue weighted by Crippen LogP contribution is 2.28. The van der Waals surface area contributed by atoms with Gasteiger partial charge >= 0.3 is 0 Å². The molecule has 1 aromatic rings. The summed E-state index contributed by atoms with van der Waals surface area (Å²) in [7, 11) is 0. The minimum Gasteiger partial charge on any atom is -0.310 e. The lowest BCUT2D eigenvalue weighted by Crippen LogP contribution is -2.51. The Balaban J connectivity index is 1.66. The van der Waals surface area contributed by atoms with Gasteiger partial charge in [-0.15, -0.1) is 0 Å². The van der Waals surface area contributed by atoms with Crippen LogP contribution in [0.4, 0.5) is 4.39 Å². The molecule has 1 saturated carbocycles. The zero-order valence-electron chi connectivity index (χ0n) is 13.7. The first-order valence-electron chi connectivity index (χ1n) is 8.98. The summed E-state index contributed by atoms with van der Waals surface area (Å²) in [6, 6.07) is 8.45. The Kier molecular flexibility index (Phi) is 5.48. The number of rotatable bonds is 4. The summed E-state index contributed by atoms with van der Waals surface area (Å²) < 4.78 is 13.5. The van der Waals surface area contributed by atoms with Crippen LogP contribution >= 0.6 is 0 Å². The maximum atomic E-state index is 13.5. The molecule has 0 spiro atoms. The predicted octanol–water partition coefficient (Wildman–Crippen LogP) is 3.93. The summed E-state index contributed by atoms with van der Waals surface area (Å²) in [5.74, 6) is 0.341. The number of hydrogen-bond acceptors (Lipinski definition) is 2. The highest BCUT2D eigenvalue weighted by atomic mass is 19.1. The Hall–Kier alpha value is -0.930. The fraction of sp³-hybridized carbons (Fsp3) is 0.684. The van der Waals surface area contributed by atoms with E-state index in [0.29, 0.717) is 18.0 Å². The van der Waals surface area contributed by atoms with Crippen LogP contribution in [0.1, 0.15) is 56.9 Å². The number of likely N-dealkylation sites (N-methyl/N-ethyl adjacent to an activating group) is 1. The summed E-state index contributed by atoms with van der Waals surface area (Å²) >= 11 is 0. The first-order chi connectivity index (χ1) is 10.7. The van der Waals surface area contributed by atoms with E-state index in [1.165, 1.54) is 32.1 Å². The Labute approximate surface area is 134 Å². The molecule has 122 valence electrons. The van der Waals surface area contributed by atoms with E-state index in [2.05, 4.69) is 23.2 Å². The summed E-state index contributed by atoms with van der Waals surface area (Å²) in [5.41, 5.74) is 1.16. The van der Waals surface area contributed by atoms with Gasteiger partial charge in [-0.2, -0.15) is 0 Å². The predicted molar refractivity (Wildman–Crippen MR) is 89.7 cm³/mol. The third-order valence-electron chi connectivity index (χ3n) is 5.37. The molecule has 1 N–H and O–H groups in total. The average molecular weight is 304 g/mol. The lowest BCUT2D eigenvalue weighted by molar-refractivity contribution is 0.164. The maximum absolute atomic E-state index is 13.5. The fourth-order valence-corrected chi connectivity index (χ4v) is 4.17. The zero-order valence-corrected chi connectivity index (χ0v) is 13.7. The molecule has 1 saturated heterocycles. The first kappa shape index (κ1) is 15.9. The van der Waals surface area contributed by atoms with Crippen molar-refractivity contribution in [2.24, 2.45) is 0 Å². The molecule has 1 heterocycles. The molecule has 2 nitrogen and oxygen atoms in total. The molecular formula is C19H29FN2.